The van der Waals surface area contributed by atoms with E-state index in [1.807, 2.05) is 0 Å². The van der Waals surface area contributed by atoms with E-state index in [1.54, 1.807) is 45.0 Å². The number of hydrogen-bond acceptors (Lipinski definition) is 4. The van der Waals surface area contributed by atoms with E-state index in [2.05, 4.69) is 15.9 Å². The number of carbonyl (C=O) groups excluding carboxylic acids is 2. The van der Waals surface area contributed by atoms with E-state index in [9.17, 15) is 14.7 Å². The van der Waals surface area contributed by atoms with Crippen LogP contribution in [0.4, 0.5) is 0 Å². The van der Waals surface area contributed by atoms with Gasteiger partial charge in [0.05, 0.1) is 0 Å². The van der Waals surface area contributed by atoms with Crippen molar-refractivity contribution in [3.63, 3.8) is 0 Å². The van der Waals surface area contributed by atoms with Crippen LogP contribution >= 0.6 is 15.9 Å². The lowest BCUT2D eigenvalue weighted by Crippen LogP contribution is -2.28. The number of hydrogen-bond donors (Lipinski definition) is 1. The predicted octanol–water partition coefficient (Wildman–Crippen LogP) is 2.64. The highest BCUT2D eigenvalue weighted by atomic mass is 79.9. The Kier molecular flexibility index (Phi) is 5.26. The third-order valence-corrected chi connectivity index (χ3v) is 3.12. The van der Waals surface area contributed by atoms with E-state index in [4.69, 9.17) is 4.74 Å². The lowest BCUT2D eigenvalue weighted by atomic mass is 9.91. The van der Waals surface area contributed by atoms with Crippen molar-refractivity contribution in [1.82, 2.24) is 0 Å². The van der Waals surface area contributed by atoms with Crippen LogP contribution in [0, 0.1) is 5.41 Å². The normalized spacial score (nSPS) is 12.9. The molecule has 5 heteroatoms. The Hall–Kier alpha value is -1.20. The molecule has 0 aromatic heterocycles. The number of aliphatic hydroxyl groups is 1. The molecule has 0 fully saturated rings. The number of aliphatic hydroxyl groups excluding tert-OH is 1. The van der Waals surface area contributed by atoms with Gasteiger partial charge in [0.25, 0.3) is 0 Å². The van der Waals surface area contributed by atoms with Crippen LogP contribution in [0.2, 0.25) is 0 Å². The van der Waals surface area contributed by atoms with Crippen LogP contribution in [0.25, 0.3) is 0 Å². The zero-order valence-corrected chi connectivity index (χ0v) is 12.7. The molecule has 0 unspecified atom stereocenters. The Balaban J connectivity index is 2.59. The number of ether oxygens (including phenoxy) is 1. The fourth-order valence-electron chi connectivity index (χ4n) is 1.21. The van der Waals surface area contributed by atoms with Gasteiger partial charge in [-0.15, -0.1) is 0 Å². The standard InChI is InChI=1S/C14H17BrO4/c1-14(2,3)11(16)8-19-13(18)12(17)9-4-6-10(15)7-5-9/h4-7,12,17H,8H2,1-3H3/t12-/m1/s1. The minimum absolute atomic E-state index is 0.191. The summed E-state index contributed by atoms with van der Waals surface area (Å²) in [5.74, 6) is -1.01. The topological polar surface area (TPSA) is 63.6 Å². The van der Waals surface area contributed by atoms with Gasteiger partial charge in [-0.2, -0.15) is 0 Å². The second kappa shape index (κ2) is 6.30. The molecule has 0 radical (unpaired) electrons. The average Bonchev–Trinajstić information content (AvgIpc) is 2.34. The SMILES string of the molecule is CC(C)(C)C(=O)COC(=O)[C@H](O)c1ccc(Br)cc1. The second-order valence-corrected chi connectivity index (χ2v) is 6.15. The van der Waals surface area contributed by atoms with E-state index >= 15 is 0 Å². The Bertz CT molecular complexity index is 459. The van der Waals surface area contributed by atoms with Gasteiger partial charge in [-0.25, -0.2) is 4.79 Å². The van der Waals surface area contributed by atoms with Crippen molar-refractivity contribution in [2.75, 3.05) is 6.61 Å². The zero-order chi connectivity index (χ0) is 14.6. The molecule has 0 saturated heterocycles. The smallest absolute Gasteiger partial charge is 0.340 e. The molecule has 1 atom stereocenters. The Labute approximate surface area is 120 Å². The van der Waals surface area contributed by atoms with Crippen LogP contribution in [-0.4, -0.2) is 23.5 Å². The van der Waals surface area contributed by atoms with Crippen LogP contribution in [0.1, 0.15) is 32.4 Å². The van der Waals surface area contributed by atoms with Crippen LogP contribution in [0.5, 0.6) is 0 Å². The Morgan fingerprint density at radius 3 is 2.26 bits per heavy atom. The first-order chi connectivity index (χ1) is 8.71. The highest BCUT2D eigenvalue weighted by molar-refractivity contribution is 9.10. The number of carbonyl (C=O) groups is 2. The van der Waals surface area contributed by atoms with Crippen molar-refractivity contribution < 1.29 is 19.4 Å². The van der Waals surface area contributed by atoms with Crippen molar-refractivity contribution in [3.05, 3.63) is 34.3 Å². The molecule has 0 aliphatic heterocycles. The fraction of sp³-hybridized carbons (Fsp3) is 0.429. The van der Waals surface area contributed by atoms with Crippen LogP contribution in [-0.2, 0) is 14.3 Å². The number of ketones is 1. The molecule has 0 heterocycles. The van der Waals surface area contributed by atoms with Crippen LogP contribution < -0.4 is 0 Å². The van der Waals surface area contributed by atoms with Crippen LogP contribution in [0.3, 0.4) is 0 Å². The predicted molar refractivity (Wildman–Crippen MR) is 74.5 cm³/mol. The molecule has 0 aliphatic rings. The van der Waals surface area contributed by atoms with Gasteiger partial charge in [-0.3, -0.25) is 4.79 Å². The summed E-state index contributed by atoms with van der Waals surface area (Å²) in [4.78, 5) is 23.2. The summed E-state index contributed by atoms with van der Waals surface area (Å²) >= 11 is 3.26. The summed E-state index contributed by atoms with van der Waals surface area (Å²) in [7, 11) is 0. The maximum absolute atomic E-state index is 11.6. The average molecular weight is 329 g/mol. The van der Waals surface area contributed by atoms with Crippen molar-refractivity contribution in [2.45, 2.75) is 26.9 Å². The number of rotatable bonds is 4. The minimum atomic E-state index is -1.37. The molecular weight excluding hydrogens is 312 g/mol. The first kappa shape index (κ1) is 15.9. The molecule has 0 spiro atoms. The first-order valence-corrected chi connectivity index (χ1v) is 6.64. The number of benzene rings is 1. The summed E-state index contributed by atoms with van der Waals surface area (Å²) in [5, 5.41) is 9.79. The first-order valence-electron chi connectivity index (χ1n) is 5.85. The van der Waals surface area contributed by atoms with Crippen molar-refractivity contribution in [2.24, 2.45) is 5.41 Å². The number of halogens is 1. The molecule has 0 amide bonds. The van der Waals surface area contributed by atoms with Gasteiger partial charge in [0.15, 0.2) is 18.5 Å². The highest BCUT2D eigenvalue weighted by Crippen LogP contribution is 2.19. The third-order valence-electron chi connectivity index (χ3n) is 2.59. The fourth-order valence-corrected chi connectivity index (χ4v) is 1.48. The molecule has 1 N–H and O–H groups in total. The Morgan fingerprint density at radius 1 is 1.26 bits per heavy atom. The molecule has 0 aliphatic carbocycles. The van der Waals surface area contributed by atoms with Crippen molar-refractivity contribution >= 4 is 27.7 Å². The van der Waals surface area contributed by atoms with Gasteiger partial charge in [0.1, 0.15) is 0 Å². The molecule has 0 saturated carbocycles. The number of esters is 1. The van der Waals surface area contributed by atoms with E-state index in [-0.39, 0.29) is 12.4 Å². The summed E-state index contributed by atoms with van der Waals surface area (Å²) in [5.41, 5.74) is -0.139. The largest absolute Gasteiger partial charge is 0.455 e. The highest BCUT2D eigenvalue weighted by Gasteiger charge is 2.25. The summed E-state index contributed by atoms with van der Waals surface area (Å²) < 4.78 is 5.67. The van der Waals surface area contributed by atoms with Crippen LogP contribution in [0.15, 0.2) is 28.7 Å². The molecule has 1 aromatic rings. The van der Waals surface area contributed by atoms with Gasteiger partial charge >= 0.3 is 5.97 Å². The van der Waals surface area contributed by atoms with Gasteiger partial charge in [-0.05, 0) is 17.7 Å². The maximum atomic E-state index is 11.6. The molecule has 1 rings (SSSR count). The lowest BCUT2D eigenvalue weighted by molar-refractivity contribution is -0.158. The molecular formula is C14H17BrO4. The van der Waals surface area contributed by atoms with Gasteiger partial charge in [0.2, 0.25) is 0 Å². The number of Topliss-reactive ketones (excluding diaryl/α,β-unsaturated/α-hetero) is 1. The van der Waals surface area contributed by atoms with E-state index < -0.39 is 17.5 Å². The Morgan fingerprint density at radius 2 is 1.79 bits per heavy atom. The third kappa shape index (κ3) is 4.76. The second-order valence-electron chi connectivity index (χ2n) is 5.23. The van der Waals surface area contributed by atoms with Gasteiger partial charge in [0, 0.05) is 9.89 Å². The summed E-state index contributed by atoms with van der Waals surface area (Å²) in [6.07, 6.45) is -1.37. The lowest BCUT2D eigenvalue weighted by Gasteiger charge is -2.17. The maximum Gasteiger partial charge on any atom is 0.340 e. The molecule has 4 nitrogen and oxygen atoms in total. The van der Waals surface area contributed by atoms with E-state index in [1.165, 1.54) is 0 Å². The molecule has 0 bridgehead atoms. The van der Waals surface area contributed by atoms with Gasteiger partial charge < -0.3 is 9.84 Å². The molecule has 104 valence electrons. The van der Waals surface area contributed by atoms with Gasteiger partial charge in [-0.1, -0.05) is 48.8 Å². The minimum Gasteiger partial charge on any atom is -0.455 e. The summed E-state index contributed by atoms with van der Waals surface area (Å²) in [6, 6.07) is 6.65. The monoisotopic (exact) mass is 328 g/mol. The molecule has 19 heavy (non-hydrogen) atoms. The van der Waals surface area contributed by atoms with Crippen molar-refractivity contribution in [1.29, 1.82) is 0 Å². The summed E-state index contributed by atoms with van der Waals surface area (Å²) in [6.45, 7) is 4.91. The quantitative estimate of drug-likeness (QED) is 0.863. The van der Waals surface area contributed by atoms with E-state index in [0.29, 0.717) is 5.56 Å². The van der Waals surface area contributed by atoms with Crippen molar-refractivity contribution in [3.8, 4) is 0 Å². The van der Waals surface area contributed by atoms with E-state index in [0.717, 1.165) is 4.47 Å². The zero-order valence-electron chi connectivity index (χ0n) is 11.1. The molecule has 1 aromatic carbocycles.